The van der Waals surface area contributed by atoms with Crippen LogP contribution in [0.2, 0.25) is 0 Å². The zero-order valence-corrected chi connectivity index (χ0v) is 16.5. The standard InChI is InChI=1S/C22H29N3O3/c1-16-7-9-18(10-8-16)21-12-19(24-28-21)13-23-22(26)25(14-17-4-2-5-17)15-20-6-3-11-27-20/h7-10,12,17,20H,2-6,11,13-15H2,1H3,(H,23,26)/t20-/m0/s1. The molecule has 0 spiro atoms. The second kappa shape index (κ2) is 8.78. The Kier molecular flexibility index (Phi) is 5.95. The Labute approximate surface area is 166 Å². The minimum atomic E-state index is -0.0396. The third-order valence-electron chi connectivity index (χ3n) is 5.75. The first-order chi connectivity index (χ1) is 13.7. The van der Waals surface area contributed by atoms with Gasteiger partial charge in [0.15, 0.2) is 5.76 Å². The molecule has 2 heterocycles. The number of nitrogens with zero attached hydrogens (tertiary/aromatic N) is 2. The average molecular weight is 383 g/mol. The van der Waals surface area contributed by atoms with E-state index in [9.17, 15) is 4.79 Å². The molecule has 1 N–H and O–H groups in total. The van der Waals surface area contributed by atoms with E-state index >= 15 is 0 Å². The maximum absolute atomic E-state index is 12.8. The summed E-state index contributed by atoms with van der Waals surface area (Å²) in [4.78, 5) is 14.7. The number of amides is 2. The summed E-state index contributed by atoms with van der Waals surface area (Å²) >= 11 is 0. The van der Waals surface area contributed by atoms with Crippen molar-refractivity contribution in [1.82, 2.24) is 15.4 Å². The molecule has 2 amide bonds. The first kappa shape index (κ1) is 19.0. The van der Waals surface area contributed by atoms with Gasteiger partial charge in [-0.2, -0.15) is 0 Å². The third kappa shape index (κ3) is 4.73. The molecule has 1 aliphatic carbocycles. The summed E-state index contributed by atoms with van der Waals surface area (Å²) < 4.78 is 11.2. The van der Waals surface area contributed by atoms with Crippen molar-refractivity contribution >= 4 is 6.03 Å². The maximum Gasteiger partial charge on any atom is 0.317 e. The predicted octanol–water partition coefficient (Wildman–Crippen LogP) is 4.14. The number of rotatable bonds is 7. The highest BCUT2D eigenvalue weighted by atomic mass is 16.5. The van der Waals surface area contributed by atoms with Crippen molar-refractivity contribution in [3.63, 3.8) is 0 Å². The first-order valence-corrected chi connectivity index (χ1v) is 10.3. The van der Waals surface area contributed by atoms with Gasteiger partial charge in [0, 0.05) is 31.3 Å². The van der Waals surface area contributed by atoms with Crippen LogP contribution in [0.1, 0.15) is 43.4 Å². The molecule has 1 aliphatic heterocycles. The van der Waals surface area contributed by atoms with Crippen LogP contribution in [0.25, 0.3) is 11.3 Å². The van der Waals surface area contributed by atoms with Crippen molar-refractivity contribution < 1.29 is 14.1 Å². The Morgan fingerprint density at radius 1 is 1.18 bits per heavy atom. The molecule has 6 nitrogen and oxygen atoms in total. The highest BCUT2D eigenvalue weighted by Gasteiger charge is 2.27. The van der Waals surface area contributed by atoms with Gasteiger partial charge >= 0.3 is 6.03 Å². The van der Waals surface area contributed by atoms with Crippen LogP contribution >= 0.6 is 0 Å². The van der Waals surface area contributed by atoms with Crippen LogP contribution in [0.15, 0.2) is 34.9 Å². The molecule has 2 aliphatic rings. The van der Waals surface area contributed by atoms with Crippen LogP contribution < -0.4 is 5.32 Å². The SMILES string of the molecule is Cc1ccc(-c2cc(CNC(=O)N(CC3CCC3)C[C@@H]3CCCO3)no2)cc1. The van der Waals surface area contributed by atoms with Crippen LogP contribution in [0.5, 0.6) is 0 Å². The number of aryl methyl sites for hydroxylation is 1. The van der Waals surface area contributed by atoms with E-state index in [1.54, 1.807) is 0 Å². The normalized spacial score (nSPS) is 19.4. The van der Waals surface area contributed by atoms with Gasteiger partial charge in [-0.1, -0.05) is 41.4 Å². The van der Waals surface area contributed by atoms with Crippen LogP contribution in [0.4, 0.5) is 4.79 Å². The zero-order chi connectivity index (χ0) is 19.3. The van der Waals surface area contributed by atoms with Crippen molar-refractivity contribution in [2.24, 2.45) is 5.92 Å². The lowest BCUT2D eigenvalue weighted by atomic mass is 9.85. The first-order valence-electron chi connectivity index (χ1n) is 10.3. The average Bonchev–Trinajstić information content (AvgIpc) is 3.34. The van der Waals surface area contributed by atoms with E-state index in [4.69, 9.17) is 9.26 Å². The number of nitrogens with one attached hydrogen (secondary N) is 1. The van der Waals surface area contributed by atoms with E-state index in [-0.39, 0.29) is 12.1 Å². The van der Waals surface area contributed by atoms with Gasteiger partial charge in [-0.15, -0.1) is 0 Å². The van der Waals surface area contributed by atoms with Gasteiger partial charge < -0.3 is 19.5 Å². The summed E-state index contributed by atoms with van der Waals surface area (Å²) in [5, 5.41) is 7.11. The van der Waals surface area contributed by atoms with Gasteiger partial charge in [0.25, 0.3) is 0 Å². The molecule has 0 unspecified atom stereocenters. The van der Waals surface area contributed by atoms with E-state index < -0.39 is 0 Å². The molecule has 1 saturated carbocycles. The number of hydrogen-bond donors (Lipinski definition) is 1. The molecule has 1 saturated heterocycles. The molecule has 2 aromatic rings. The minimum absolute atomic E-state index is 0.0396. The molecular formula is C22H29N3O3. The van der Waals surface area contributed by atoms with Gasteiger partial charge in [-0.05, 0) is 38.5 Å². The Hall–Kier alpha value is -2.34. The number of urea groups is 1. The second-order valence-corrected chi connectivity index (χ2v) is 8.04. The smallest absolute Gasteiger partial charge is 0.317 e. The van der Waals surface area contributed by atoms with Gasteiger partial charge in [0.2, 0.25) is 0 Å². The lowest BCUT2D eigenvalue weighted by molar-refractivity contribution is 0.0720. The topological polar surface area (TPSA) is 67.6 Å². The van der Waals surface area contributed by atoms with Gasteiger partial charge in [0.05, 0.1) is 12.6 Å². The van der Waals surface area contributed by atoms with Gasteiger partial charge in [0.1, 0.15) is 5.69 Å². The van der Waals surface area contributed by atoms with Crippen LogP contribution in [-0.4, -0.2) is 41.9 Å². The van der Waals surface area contributed by atoms with E-state index in [0.29, 0.717) is 19.0 Å². The minimum Gasteiger partial charge on any atom is -0.376 e. The molecule has 28 heavy (non-hydrogen) atoms. The largest absolute Gasteiger partial charge is 0.376 e. The second-order valence-electron chi connectivity index (χ2n) is 8.04. The van der Waals surface area contributed by atoms with Crippen molar-refractivity contribution in [2.75, 3.05) is 19.7 Å². The summed E-state index contributed by atoms with van der Waals surface area (Å²) in [7, 11) is 0. The number of hydrogen-bond acceptors (Lipinski definition) is 4. The fourth-order valence-corrected chi connectivity index (χ4v) is 3.79. The Morgan fingerprint density at radius 2 is 2.00 bits per heavy atom. The van der Waals surface area contributed by atoms with E-state index in [2.05, 4.69) is 17.4 Å². The number of carbonyl (C=O) groups excluding carboxylic acids is 1. The molecule has 0 radical (unpaired) electrons. The number of ether oxygens (including phenoxy) is 1. The molecule has 2 fully saturated rings. The molecule has 150 valence electrons. The van der Waals surface area contributed by atoms with Crippen LogP contribution in [-0.2, 0) is 11.3 Å². The van der Waals surface area contributed by atoms with Crippen molar-refractivity contribution in [2.45, 2.75) is 51.7 Å². The van der Waals surface area contributed by atoms with Crippen molar-refractivity contribution in [1.29, 1.82) is 0 Å². The summed E-state index contributed by atoms with van der Waals surface area (Å²) in [5.41, 5.74) is 2.92. The van der Waals surface area contributed by atoms with E-state index in [1.165, 1.54) is 24.8 Å². The summed E-state index contributed by atoms with van der Waals surface area (Å²) in [6.07, 6.45) is 6.02. The fourth-order valence-electron chi connectivity index (χ4n) is 3.79. The maximum atomic E-state index is 12.8. The molecule has 6 heteroatoms. The quantitative estimate of drug-likeness (QED) is 0.780. The molecule has 1 atom stereocenters. The van der Waals surface area contributed by atoms with Crippen LogP contribution in [0, 0.1) is 12.8 Å². The van der Waals surface area contributed by atoms with Gasteiger partial charge in [-0.25, -0.2) is 4.79 Å². The number of benzene rings is 1. The predicted molar refractivity (Wildman–Crippen MR) is 107 cm³/mol. The van der Waals surface area contributed by atoms with E-state index in [1.807, 2.05) is 35.2 Å². The number of carbonyl (C=O) groups is 1. The summed E-state index contributed by atoms with van der Waals surface area (Å²) in [6.45, 7) is 4.72. The zero-order valence-electron chi connectivity index (χ0n) is 16.5. The van der Waals surface area contributed by atoms with E-state index in [0.717, 1.165) is 43.0 Å². The molecule has 1 aromatic heterocycles. The summed E-state index contributed by atoms with van der Waals surface area (Å²) in [6, 6.07) is 9.97. The molecular weight excluding hydrogens is 354 g/mol. The lowest BCUT2D eigenvalue weighted by Crippen LogP contribution is -2.46. The van der Waals surface area contributed by atoms with Gasteiger partial charge in [-0.3, -0.25) is 0 Å². The Balaban J connectivity index is 1.33. The highest BCUT2D eigenvalue weighted by molar-refractivity contribution is 5.74. The Morgan fingerprint density at radius 3 is 2.68 bits per heavy atom. The third-order valence-corrected chi connectivity index (χ3v) is 5.75. The molecule has 0 bridgehead atoms. The number of aromatic nitrogens is 1. The van der Waals surface area contributed by atoms with Crippen molar-refractivity contribution in [3.8, 4) is 11.3 Å². The Bertz CT molecular complexity index is 777. The van der Waals surface area contributed by atoms with Crippen molar-refractivity contribution in [3.05, 3.63) is 41.6 Å². The fraction of sp³-hybridized carbons (Fsp3) is 0.545. The summed E-state index contributed by atoms with van der Waals surface area (Å²) in [5.74, 6) is 1.35. The lowest BCUT2D eigenvalue weighted by Gasteiger charge is -2.33. The molecule has 1 aromatic carbocycles. The monoisotopic (exact) mass is 383 g/mol. The molecule has 4 rings (SSSR count). The highest BCUT2D eigenvalue weighted by Crippen LogP contribution is 2.28. The van der Waals surface area contributed by atoms with Crippen LogP contribution in [0.3, 0.4) is 0 Å².